The van der Waals surface area contributed by atoms with Gasteiger partial charge >= 0.3 is 0 Å². The topological polar surface area (TPSA) is 35.8 Å². The fourth-order valence-corrected chi connectivity index (χ4v) is 2.91. The van der Waals surface area contributed by atoms with Crippen LogP contribution < -0.4 is 5.32 Å². The molecule has 0 atom stereocenters. The molecule has 0 fully saturated rings. The van der Waals surface area contributed by atoms with Gasteiger partial charge in [0.2, 0.25) is 0 Å². The zero-order chi connectivity index (χ0) is 14.2. The summed E-state index contributed by atoms with van der Waals surface area (Å²) in [4.78, 5) is 2.33. The average molecular weight is 288 g/mol. The molecule has 0 radical (unpaired) electrons. The van der Waals surface area contributed by atoms with Gasteiger partial charge in [-0.3, -0.25) is 0 Å². The van der Waals surface area contributed by atoms with Crippen LogP contribution in [0.2, 0.25) is 0 Å². The monoisotopic (exact) mass is 288 g/mol. The highest BCUT2D eigenvalue weighted by atomic mass is 32.1. The summed E-state index contributed by atoms with van der Waals surface area (Å²) >= 11 is 1.68. The fourth-order valence-electron chi connectivity index (χ4n) is 1.94. The molecule has 0 spiro atoms. The number of nitrogens with one attached hydrogen (secondary N) is 1. The molecule has 20 heavy (non-hydrogen) atoms. The zero-order valence-electron chi connectivity index (χ0n) is 11.2. The number of benzene rings is 1. The Labute approximate surface area is 122 Å². The predicted molar refractivity (Wildman–Crippen MR) is 80.9 cm³/mol. The number of unbranched alkanes of at least 4 members (excludes halogenated alkanes) is 2. The van der Waals surface area contributed by atoms with E-state index in [0.717, 1.165) is 36.4 Å². The maximum atomic E-state index is 13.2. The van der Waals surface area contributed by atoms with E-state index in [1.807, 2.05) is 12.1 Å². The van der Waals surface area contributed by atoms with E-state index in [1.54, 1.807) is 23.5 Å². The summed E-state index contributed by atoms with van der Waals surface area (Å²) < 4.78 is 13.2. The molecule has 2 nitrogen and oxygen atoms in total. The minimum atomic E-state index is -0.201. The number of nitriles is 1. The van der Waals surface area contributed by atoms with E-state index in [2.05, 4.69) is 17.5 Å². The highest BCUT2D eigenvalue weighted by Gasteiger charge is 2.03. The van der Waals surface area contributed by atoms with Crippen molar-refractivity contribution >= 4 is 11.3 Å². The maximum Gasteiger partial charge on any atom is 0.123 e. The molecule has 0 aliphatic heterocycles. The summed E-state index contributed by atoms with van der Waals surface area (Å²) in [6, 6.07) is 12.9. The minimum Gasteiger partial charge on any atom is -0.312 e. The molecule has 2 aromatic rings. The first kappa shape index (κ1) is 14.7. The Morgan fingerprint density at radius 1 is 1.20 bits per heavy atom. The van der Waals surface area contributed by atoms with E-state index in [4.69, 9.17) is 5.26 Å². The lowest BCUT2D eigenvalue weighted by molar-refractivity contribution is 0.628. The van der Waals surface area contributed by atoms with Gasteiger partial charge in [-0.1, -0.05) is 12.1 Å². The van der Waals surface area contributed by atoms with Gasteiger partial charge in [0.05, 0.1) is 6.07 Å². The first-order valence-electron chi connectivity index (χ1n) is 6.72. The van der Waals surface area contributed by atoms with E-state index in [9.17, 15) is 4.39 Å². The first-order valence-corrected chi connectivity index (χ1v) is 7.53. The van der Waals surface area contributed by atoms with Crippen molar-refractivity contribution in [1.82, 2.24) is 5.32 Å². The van der Waals surface area contributed by atoms with Gasteiger partial charge in [-0.25, -0.2) is 4.39 Å². The van der Waals surface area contributed by atoms with Crippen molar-refractivity contribution in [3.05, 3.63) is 47.1 Å². The summed E-state index contributed by atoms with van der Waals surface area (Å²) in [7, 11) is 0. The normalized spacial score (nSPS) is 10.4. The highest BCUT2D eigenvalue weighted by molar-refractivity contribution is 7.15. The lowest BCUT2D eigenvalue weighted by Gasteiger charge is -2.01. The van der Waals surface area contributed by atoms with Crippen LogP contribution in [0.4, 0.5) is 4.39 Å². The van der Waals surface area contributed by atoms with Gasteiger partial charge in [0.15, 0.2) is 0 Å². The van der Waals surface area contributed by atoms with Gasteiger partial charge in [-0.2, -0.15) is 5.26 Å². The van der Waals surface area contributed by atoms with Crippen molar-refractivity contribution in [1.29, 1.82) is 5.26 Å². The Bertz CT molecular complexity index is 586. The van der Waals surface area contributed by atoms with Crippen molar-refractivity contribution in [2.24, 2.45) is 0 Å². The smallest absolute Gasteiger partial charge is 0.123 e. The van der Waals surface area contributed by atoms with Gasteiger partial charge in [0.25, 0.3) is 0 Å². The van der Waals surface area contributed by atoms with E-state index in [1.165, 1.54) is 10.9 Å². The Hall–Kier alpha value is -1.70. The van der Waals surface area contributed by atoms with Crippen LogP contribution in [0.15, 0.2) is 36.4 Å². The highest BCUT2D eigenvalue weighted by Crippen LogP contribution is 2.28. The van der Waals surface area contributed by atoms with Crippen LogP contribution in [-0.4, -0.2) is 6.54 Å². The number of hydrogen-bond donors (Lipinski definition) is 1. The lowest BCUT2D eigenvalue weighted by atomic mass is 10.2. The molecule has 2 rings (SSSR count). The standard InChI is InChI=1S/C16H17FN2S/c17-14-6-4-5-13(11-14)16-8-7-15(20-16)12-19-10-3-1-2-9-18/h4-8,11,19H,1-3,10,12H2. The van der Waals surface area contributed by atoms with Crippen LogP contribution in [0.1, 0.15) is 24.1 Å². The minimum absolute atomic E-state index is 0.201. The van der Waals surface area contributed by atoms with Crippen molar-refractivity contribution < 1.29 is 4.39 Å². The summed E-state index contributed by atoms with van der Waals surface area (Å²) in [5.74, 6) is -0.201. The van der Waals surface area contributed by atoms with Gasteiger partial charge < -0.3 is 5.32 Å². The lowest BCUT2D eigenvalue weighted by Crippen LogP contribution is -2.13. The van der Waals surface area contributed by atoms with Crippen molar-refractivity contribution in [2.45, 2.75) is 25.8 Å². The quantitative estimate of drug-likeness (QED) is 0.769. The second-order valence-corrected chi connectivity index (χ2v) is 5.74. The van der Waals surface area contributed by atoms with Crippen molar-refractivity contribution in [3.63, 3.8) is 0 Å². The number of thiophene rings is 1. The van der Waals surface area contributed by atoms with Gasteiger partial charge in [-0.05, 0) is 49.2 Å². The summed E-state index contributed by atoms with van der Waals surface area (Å²) in [5, 5.41) is 11.8. The molecule has 0 amide bonds. The van der Waals surface area contributed by atoms with Crippen LogP contribution >= 0.6 is 11.3 Å². The van der Waals surface area contributed by atoms with E-state index < -0.39 is 0 Å². The number of halogens is 1. The zero-order valence-corrected chi connectivity index (χ0v) is 12.0. The number of hydrogen-bond acceptors (Lipinski definition) is 3. The van der Waals surface area contributed by atoms with Crippen LogP contribution in [0.25, 0.3) is 10.4 Å². The third-order valence-electron chi connectivity index (χ3n) is 2.96. The number of rotatable bonds is 7. The fraction of sp³-hybridized carbons (Fsp3) is 0.312. The molecule has 0 unspecified atom stereocenters. The van der Waals surface area contributed by atoms with Gasteiger partial charge in [-0.15, -0.1) is 11.3 Å². The maximum absolute atomic E-state index is 13.2. The number of nitrogens with zero attached hydrogens (tertiary/aromatic N) is 1. The first-order chi connectivity index (χ1) is 9.79. The van der Waals surface area contributed by atoms with Crippen molar-refractivity contribution in [3.8, 4) is 16.5 Å². The third kappa shape index (κ3) is 4.44. The molecule has 1 N–H and O–H groups in total. The molecule has 0 bridgehead atoms. The van der Waals surface area contributed by atoms with E-state index in [0.29, 0.717) is 6.42 Å². The molecular formula is C16H17FN2S. The summed E-state index contributed by atoms with van der Waals surface area (Å²) in [6.45, 7) is 1.75. The summed E-state index contributed by atoms with van der Waals surface area (Å²) in [6.07, 6.45) is 2.60. The van der Waals surface area contributed by atoms with Crippen LogP contribution in [0.3, 0.4) is 0 Å². The third-order valence-corrected chi connectivity index (χ3v) is 4.10. The molecular weight excluding hydrogens is 271 g/mol. The van der Waals surface area contributed by atoms with Crippen LogP contribution in [0.5, 0.6) is 0 Å². The Morgan fingerprint density at radius 2 is 2.10 bits per heavy atom. The van der Waals surface area contributed by atoms with Gasteiger partial charge in [0, 0.05) is 22.7 Å². The molecule has 104 valence electrons. The van der Waals surface area contributed by atoms with Crippen LogP contribution in [-0.2, 0) is 6.54 Å². The Morgan fingerprint density at radius 3 is 2.90 bits per heavy atom. The van der Waals surface area contributed by atoms with E-state index in [-0.39, 0.29) is 5.82 Å². The predicted octanol–water partition coefficient (Wildman–Crippen LogP) is 4.34. The molecule has 1 aromatic heterocycles. The molecule has 0 saturated heterocycles. The second-order valence-electron chi connectivity index (χ2n) is 4.57. The second kappa shape index (κ2) is 7.78. The average Bonchev–Trinajstić information content (AvgIpc) is 2.91. The largest absolute Gasteiger partial charge is 0.312 e. The molecule has 0 aliphatic carbocycles. The van der Waals surface area contributed by atoms with Crippen molar-refractivity contribution in [2.75, 3.05) is 6.54 Å². The molecule has 0 aliphatic rings. The van der Waals surface area contributed by atoms with Crippen LogP contribution in [0, 0.1) is 17.1 Å². The Balaban J connectivity index is 1.82. The molecule has 0 saturated carbocycles. The summed E-state index contributed by atoms with van der Waals surface area (Å²) in [5.41, 5.74) is 0.926. The molecule has 1 heterocycles. The van der Waals surface area contributed by atoms with Gasteiger partial charge in [0.1, 0.15) is 5.82 Å². The molecule has 4 heteroatoms. The molecule has 1 aromatic carbocycles. The SMILES string of the molecule is N#CCCCCNCc1ccc(-c2cccc(F)c2)s1. The van der Waals surface area contributed by atoms with E-state index >= 15 is 0 Å². The Kier molecular flexibility index (Phi) is 5.72.